The summed E-state index contributed by atoms with van der Waals surface area (Å²) in [5, 5.41) is 7.38. The Bertz CT molecular complexity index is 841. The molecule has 5 heteroatoms. The fourth-order valence-corrected chi connectivity index (χ4v) is 2.84. The van der Waals surface area contributed by atoms with Gasteiger partial charge in [-0.1, -0.05) is 46.3 Å². The zero-order valence-corrected chi connectivity index (χ0v) is 15.1. The number of hydrogen-bond donors (Lipinski definition) is 1. The first-order valence-corrected chi connectivity index (χ1v) is 8.52. The molecular weight excluding hydrogens is 366 g/mol. The Morgan fingerprint density at radius 1 is 1.12 bits per heavy atom. The first kappa shape index (κ1) is 16.5. The Labute approximate surface area is 149 Å². The second-order valence-corrected chi connectivity index (χ2v) is 6.55. The maximum Gasteiger partial charge on any atom is 0.255 e. The molecule has 1 unspecified atom stereocenters. The molecule has 0 saturated carbocycles. The van der Waals surface area contributed by atoms with Crippen LogP contribution < -0.4 is 5.32 Å². The highest BCUT2D eigenvalue weighted by Crippen LogP contribution is 2.18. The molecule has 0 spiro atoms. The summed E-state index contributed by atoms with van der Waals surface area (Å²) in [6.07, 6.45) is 1.62. The highest BCUT2D eigenvalue weighted by atomic mass is 79.9. The number of carbonyl (C=O) groups is 1. The average molecular weight is 384 g/mol. The number of benzene rings is 2. The lowest BCUT2D eigenvalue weighted by atomic mass is 10.1. The SMILES string of the molecule is Cc1c(C(=O)NC(C)c2ccccc2)cnn1-c1ccc(Br)cc1. The average Bonchev–Trinajstić information content (AvgIpc) is 2.98. The summed E-state index contributed by atoms with van der Waals surface area (Å²) in [6, 6.07) is 17.7. The molecule has 0 saturated heterocycles. The minimum absolute atomic E-state index is 0.0610. The zero-order chi connectivity index (χ0) is 17.1. The molecule has 1 N–H and O–H groups in total. The summed E-state index contributed by atoms with van der Waals surface area (Å²) < 4.78 is 2.78. The third kappa shape index (κ3) is 3.41. The largest absolute Gasteiger partial charge is 0.345 e. The van der Waals surface area contributed by atoms with E-state index in [1.54, 1.807) is 10.9 Å². The number of amides is 1. The van der Waals surface area contributed by atoms with Crippen molar-refractivity contribution in [2.45, 2.75) is 19.9 Å². The van der Waals surface area contributed by atoms with E-state index in [2.05, 4.69) is 26.3 Å². The van der Waals surface area contributed by atoms with Gasteiger partial charge in [0.25, 0.3) is 5.91 Å². The molecule has 3 aromatic rings. The minimum atomic E-state index is -0.118. The molecular formula is C19H18BrN3O. The van der Waals surface area contributed by atoms with Crippen molar-refractivity contribution in [1.82, 2.24) is 15.1 Å². The lowest BCUT2D eigenvalue weighted by molar-refractivity contribution is 0.0939. The quantitative estimate of drug-likeness (QED) is 0.723. The van der Waals surface area contributed by atoms with E-state index in [-0.39, 0.29) is 11.9 Å². The molecule has 122 valence electrons. The number of nitrogens with one attached hydrogen (secondary N) is 1. The van der Waals surface area contributed by atoms with Crippen LogP contribution in [0.5, 0.6) is 0 Å². The van der Waals surface area contributed by atoms with Crippen LogP contribution in [0.1, 0.15) is 34.6 Å². The van der Waals surface area contributed by atoms with Crippen molar-refractivity contribution in [3.63, 3.8) is 0 Å². The van der Waals surface area contributed by atoms with E-state index in [1.807, 2.05) is 68.4 Å². The summed E-state index contributed by atoms with van der Waals surface area (Å²) in [6.45, 7) is 3.87. The van der Waals surface area contributed by atoms with Gasteiger partial charge in [0, 0.05) is 4.47 Å². The number of aromatic nitrogens is 2. The second kappa shape index (κ2) is 7.01. The van der Waals surface area contributed by atoms with Gasteiger partial charge in [-0.15, -0.1) is 0 Å². The van der Waals surface area contributed by atoms with Gasteiger partial charge in [0.05, 0.1) is 29.2 Å². The Morgan fingerprint density at radius 2 is 1.79 bits per heavy atom. The third-order valence-corrected chi connectivity index (χ3v) is 4.50. The van der Waals surface area contributed by atoms with Gasteiger partial charge in [-0.2, -0.15) is 5.10 Å². The summed E-state index contributed by atoms with van der Waals surface area (Å²) in [7, 11) is 0. The molecule has 0 aliphatic carbocycles. The van der Waals surface area contributed by atoms with Gasteiger partial charge >= 0.3 is 0 Å². The highest BCUT2D eigenvalue weighted by Gasteiger charge is 2.17. The molecule has 1 heterocycles. The topological polar surface area (TPSA) is 46.9 Å². The van der Waals surface area contributed by atoms with Crippen LogP contribution in [0.2, 0.25) is 0 Å². The number of nitrogens with zero attached hydrogens (tertiary/aromatic N) is 2. The molecule has 0 fully saturated rings. The molecule has 1 atom stereocenters. The minimum Gasteiger partial charge on any atom is -0.345 e. The van der Waals surface area contributed by atoms with Crippen molar-refractivity contribution in [2.24, 2.45) is 0 Å². The van der Waals surface area contributed by atoms with E-state index in [4.69, 9.17) is 0 Å². The van der Waals surface area contributed by atoms with E-state index in [9.17, 15) is 4.79 Å². The smallest absolute Gasteiger partial charge is 0.255 e. The Hall–Kier alpha value is -2.40. The van der Waals surface area contributed by atoms with Crippen molar-refractivity contribution < 1.29 is 4.79 Å². The van der Waals surface area contributed by atoms with Crippen molar-refractivity contribution in [1.29, 1.82) is 0 Å². The molecule has 2 aromatic carbocycles. The zero-order valence-electron chi connectivity index (χ0n) is 13.5. The van der Waals surface area contributed by atoms with Gasteiger partial charge in [0.2, 0.25) is 0 Å². The van der Waals surface area contributed by atoms with E-state index in [0.717, 1.165) is 21.4 Å². The fraction of sp³-hybridized carbons (Fsp3) is 0.158. The lowest BCUT2D eigenvalue weighted by Gasteiger charge is -2.14. The third-order valence-electron chi connectivity index (χ3n) is 3.97. The van der Waals surface area contributed by atoms with E-state index in [1.165, 1.54) is 0 Å². The molecule has 24 heavy (non-hydrogen) atoms. The molecule has 0 bridgehead atoms. The number of hydrogen-bond acceptors (Lipinski definition) is 2. The second-order valence-electron chi connectivity index (χ2n) is 5.64. The predicted octanol–water partition coefficient (Wildman–Crippen LogP) is 4.43. The van der Waals surface area contributed by atoms with Gasteiger partial charge in [0.1, 0.15) is 0 Å². The molecule has 0 aliphatic heterocycles. The predicted molar refractivity (Wildman–Crippen MR) is 98.3 cm³/mol. The summed E-state index contributed by atoms with van der Waals surface area (Å²) in [5.74, 6) is -0.118. The van der Waals surface area contributed by atoms with Crippen molar-refractivity contribution >= 4 is 21.8 Å². The van der Waals surface area contributed by atoms with Crippen LogP contribution in [0.3, 0.4) is 0 Å². The molecule has 3 rings (SSSR count). The van der Waals surface area contributed by atoms with E-state index >= 15 is 0 Å². The van der Waals surface area contributed by atoms with Gasteiger partial charge in [0.15, 0.2) is 0 Å². The van der Waals surface area contributed by atoms with Crippen molar-refractivity contribution in [3.8, 4) is 5.69 Å². The number of rotatable bonds is 4. The monoisotopic (exact) mass is 383 g/mol. The normalized spacial score (nSPS) is 12.0. The van der Waals surface area contributed by atoms with Crippen LogP contribution in [0, 0.1) is 6.92 Å². The summed E-state index contributed by atoms with van der Waals surface area (Å²) in [5.41, 5.74) is 3.39. The molecule has 0 radical (unpaired) electrons. The van der Waals surface area contributed by atoms with Crippen LogP contribution in [-0.2, 0) is 0 Å². The summed E-state index contributed by atoms with van der Waals surface area (Å²) in [4.78, 5) is 12.6. The van der Waals surface area contributed by atoms with Crippen molar-refractivity contribution in [3.05, 3.63) is 82.1 Å². The lowest BCUT2D eigenvalue weighted by Crippen LogP contribution is -2.27. The molecule has 0 aliphatic rings. The first-order valence-electron chi connectivity index (χ1n) is 7.72. The molecule has 4 nitrogen and oxygen atoms in total. The number of halogens is 1. The van der Waals surface area contributed by atoms with Crippen LogP contribution in [0.15, 0.2) is 65.3 Å². The summed E-state index contributed by atoms with van der Waals surface area (Å²) >= 11 is 3.42. The highest BCUT2D eigenvalue weighted by molar-refractivity contribution is 9.10. The Balaban J connectivity index is 1.80. The molecule has 1 amide bonds. The first-order chi connectivity index (χ1) is 11.6. The van der Waals surface area contributed by atoms with Gasteiger partial charge in [-0.3, -0.25) is 4.79 Å². The van der Waals surface area contributed by atoms with Crippen LogP contribution in [0.25, 0.3) is 5.69 Å². The van der Waals surface area contributed by atoms with E-state index in [0.29, 0.717) is 5.56 Å². The van der Waals surface area contributed by atoms with Gasteiger partial charge in [-0.25, -0.2) is 4.68 Å². The van der Waals surface area contributed by atoms with Crippen molar-refractivity contribution in [2.75, 3.05) is 0 Å². The van der Waals surface area contributed by atoms with Crippen LogP contribution in [0.4, 0.5) is 0 Å². The van der Waals surface area contributed by atoms with Gasteiger partial charge < -0.3 is 5.32 Å². The Morgan fingerprint density at radius 3 is 2.46 bits per heavy atom. The maximum absolute atomic E-state index is 12.6. The van der Waals surface area contributed by atoms with Gasteiger partial charge in [-0.05, 0) is 43.7 Å². The maximum atomic E-state index is 12.6. The van der Waals surface area contributed by atoms with E-state index < -0.39 is 0 Å². The molecule has 1 aromatic heterocycles. The van der Waals surface area contributed by atoms with Crippen LogP contribution in [-0.4, -0.2) is 15.7 Å². The Kier molecular flexibility index (Phi) is 4.81. The number of carbonyl (C=O) groups excluding carboxylic acids is 1. The standard InChI is InChI=1S/C19H18BrN3O/c1-13(15-6-4-3-5-7-15)22-19(24)18-12-21-23(14(18)2)17-10-8-16(20)9-11-17/h3-13H,1-2H3,(H,22,24). The van der Waals surface area contributed by atoms with Crippen LogP contribution >= 0.6 is 15.9 Å². The fourth-order valence-electron chi connectivity index (χ4n) is 2.57.